The Labute approximate surface area is 125 Å². The van der Waals surface area contributed by atoms with E-state index in [2.05, 4.69) is 10.1 Å². The van der Waals surface area contributed by atoms with Crippen LogP contribution in [0.5, 0.6) is 5.75 Å². The lowest BCUT2D eigenvalue weighted by molar-refractivity contribution is -0.0498. The summed E-state index contributed by atoms with van der Waals surface area (Å²) in [5.74, 6) is -0.882. The number of hydrogen-bond acceptors (Lipinski definition) is 2. The Morgan fingerprint density at radius 1 is 1.14 bits per heavy atom. The molecule has 0 spiro atoms. The second-order valence-electron chi connectivity index (χ2n) is 4.65. The van der Waals surface area contributed by atoms with Gasteiger partial charge in [0.05, 0.1) is 6.04 Å². The van der Waals surface area contributed by atoms with Gasteiger partial charge in [0.1, 0.15) is 11.6 Å². The molecular formula is C16H14F3NO2. The van der Waals surface area contributed by atoms with Crippen LogP contribution in [-0.2, 0) is 0 Å². The fraction of sp³-hybridized carbons (Fsp3) is 0.188. The van der Waals surface area contributed by atoms with Gasteiger partial charge in [0.2, 0.25) is 0 Å². The number of halogens is 3. The molecule has 116 valence electrons. The molecule has 0 radical (unpaired) electrons. The van der Waals surface area contributed by atoms with E-state index >= 15 is 0 Å². The zero-order valence-electron chi connectivity index (χ0n) is 11.7. The van der Waals surface area contributed by atoms with Crippen LogP contribution in [0.3, 0.4) is 0 Å². The highest BCUT2D eigenvalue weighted by Crippen LogP contribution is 2.18. The average molecular weight is 309 g/mol. The van der Waals surface area contributed by atoms with E-state index in [1.807, 2.05) is 0 Å². The highest BCUT2D eigenvalue weighted by Gasteiger charge is 2.13. The van der Waals surface area contributed by atoms with Gasteiger partial charge in [-0.2, -0.15) is 8.78 Å². The van der Waals surface area contributed by atoms with Gasteiger partial charge in [-0.3, -0.25) is 4.79 Å². The van der Waals surface area contributed by atoms with E-state index in [0.29, 0.717) is 0 Å². The second kappa shape index (κ2) is 6.98. The number of benzene rings is 2. The highest BCUT2D eigenvalue weighted by molar-refractivity contribution is 5.94. The van der Waals surface area contributed by atoms with Crippen molar-refractivity contribution in [3.05, 3.63) is 65.5 Å². The Bertz CT molecular complexity index is 644. The molecule has 1 unspecified atom stereocenters. The molecule has 0 aliphatic heterocycles. The third kappa shape index (κ3) is 4.25. The van der Waals surface area contributed by atoms with Crippen LogP contribution < -0.4 is 10.1 Å². The largest absolute Gasteiger partial charge is 0.435 e. The first-order valence-corrected chi connectivity index (χ1v) is 6.57. The van der Waals surface area contributed by atoms with Crippen molar-refractivity contribution < 1.29 is 22.7 Å². The maximum absolute atomic E-state index is 12.9. The van der Waals surface area contributed by atoms with Gasteiger partial charge in [0, 0.05) is 5.56 Å². The molecule has 1 amide bonds. The fourth-order valence-corrected chi connectivity index (χ4v) is 1.93. The summed E-state index contributed by atoms with van der Waals surface area (Å²) in [6.07, 6.45) is 0. The predicted octanol–water partition coefficient (Wildman–Crippen LogP) is 3.92. The molecule has 0 aliphatic carbocycles. The molecule has 0 heterocycles. The summed E-state index contributed by atoms with van der Waals surface area (Å²) in [7, 11) is 0. The van der Waals surface area contributed by atoms with E-state index in [9.17, 15) is 18.0 Å². The van der Waals surface area contributed by atoms with Gasteiger partial charge in [0.15, 0.2) is 0 Å². The maximum Gasteiger partial charge on any atom is 0.387 e. The topological polar surface area (TPSA) is 38.3 Å². The zero-order valence-corrected chi connectivity index (χ0v) is 11.7. The predicted molar refractivity (Wildman–Crippen MR) is 75.4 cm³/mol. The first-order valence-electron chi connectivity index (χ1n) is 6.57. The van der Waals surface area contributed by atoms with Crippen LogP contribution in [0.15, 0.2) is 48.5 Å². The van der Waals surface area contributed by atoms with Gasteiger partial charge in [-0.25, -0.2) is 4.39 Å². The number of ether oxygens (including phenoxy) is 1. The summed E-state index contributed by atoms with van der Waals surface area (Å²) < 4.78 is 41.4. The third-order valence-corrected chi connectivity index (χ3v) is 3.04. The summed E-state index contributed by atoms with van der Waals surface area (Å²) in [5.41, 5.74) is 0.932. The smallest absolute Gasteiger partial charge is 0.387 e. The van der Waals surface area contributed by atoms with Crippen LogP contribution in [0.4, 0.5) is 13.2 Å². The number of carbonyl (C=O) groups is 1. The summed E-state index contributed by atoms with van der Waals surface area (Å²) in [6.45, 7) is -1.21. The van der Waals surface area contributed by atoms with Gasteiger partial charge >= 0.3 is 6.61 Å². The average Bonchev–Trinajstić information content (AvgIpc) is 2.47. The molecule has 0 bridgehead atoms. The highest BCUT2D eigenvalue weighted by atomic mass is 19.3. The molecule has 0 fully saturated rings. The Balaban J connectivity index is 2.06. The van der Waals surface area contributed by atoms with Gasteiger partial charge in [0.25, 0.3) is 5.91 Å². The SMILES string of the molecule is CC(NC(=O)c1cccc(OC(F)F)c1)c1ccc(F)cc1. The number of rotatable bonds is 5. The van der Waals surface area contributed by atoms with Crippen molar-refractivity contribution in [3.8, 4) is 5.75 Å². The summed E-state index contributed by atoms with van der Waals surface area (Å²) in [5, 5.41) is 2.71. The molecule has 0 aliphatic rings. The lowest BCUT2D eigenvalue weighted by Crippen LogP contribution is -2.26. The molecule has 2 aromatic carbocycles. The molecular weight excluding hydrogens is 295 g/mol. The Morgan fingerprint density at radius 3 is 2.45 bits per heavy atom. The van der Waals surface area contributed by atoms with Gasteiger partial charge in [-0.05, 0) is 42.8 Å². The lowest BCUT2D eigenvalue weighted by atomic mass is 10.1. The maximum atomic E-state index is 12.9. The summed E-state index contributed by atoms with van der Waals surface area (Å²) in [6, 6.07) is 10.9. The van der Waals surface area contributed by atoms with E-state index in [1.165, 1.54) is 36.4 Å². The van der Waals surface area contributed by atoms with E-state index < -0.39 is 12.5 Å². The van der Waals surface area contributed by atoms with Crippen molar-refractivity contribution in [1.29, 1.82) is 0 Å². The first kappa shape index (κ1) is 15.9. The quantitative estimate of drug-likeness (QED) is 0.909. The van der Waals surface area contributed by atoms with Crippen molar-refractivity contribution in [1.82, 2.24) is 5.32 Å². The van der Waals surface area contributed by atoms with E-state index in [4.69, 9.17) is 0 Å². The second-order valence-corrected chi connectivity index (χ2v) is 4.65. The van der Waals surface area contributed by atoms with Gasteiger partial charge < -0.3 is 10.1 Å². The normalized spacial score (nSPS) is 12.0. The number of nitrogens with one attached hydrogen (secondary N) is 1. The monoisotopic (exact) mass is 309 g/mol. The first-order chi connectivity index (χ1) is 10.5. The van der Waals surface area contributed by atoms with Crippen molar-refractivity contribution in [2.24, 2.45) is 0 Å². The molecule has 0 saturated carbocycles. The molecule has 0 aromatic heterocycles. The van der Waals surface area contributed by atoms with Crippen LogP contribution in [0, 0.1) is 5.82 Å². The summed E-state index contributed by atoms with van der Waals surface area (Å²) >= 11 is 0. The molecule has 1 atom stereocenters. The lowest BCUT2D eigenvalue weighted by Gasteiger charge is -2.15. The molecule has 2 aromatic rings. The molecule has 22 heavy (non-hydrogen) atoms. The Kier molecular flexibility index (Phi) is 5.04. The third-order valence-electron chi connectivity index (χ3n) is 3.04. The number of carbonyl (C=O) groups excluding carboxylic acids is 1. The van der Waals surface area contributed by atoms with Crippen LogP contribution in [0.25, 0.3) is 0 Å². The van der Waals surface area contributed by atoms with Crippen LogP contribution in [0.2, 0.25) is 0 Å². The summed E-state index contributed by atoms with van der Waals surface area (Å²) in [4.78, 5) is 12.1. The molecule has 1 N–H and O–H groups in total. The van der Waals surface area contributed by atoms with E-state index in [0.717, 1.165) is 5.56 Å². The van der Waals surface area contributed by atoms with Crippen LogP contribution in [-0.4, -0.2) is 12.5 Å². The van der Waals surface area contributed by atoms with Crippen molar-refractivity contribution >= 4 is 5.91 Å². The number of alkyl halides is 2. The van der Waals surface area contributed by atoms with Gasteiger partial charge in [-0.1, -0.05) is 18.2 Å². The van der Waals surface area contributed by atoms with Gasteiger partial charge in [-0.15, -0.1) is 0 Å². The molecule has 6 heteroatoms. The Morgan fingerprint density at radius 2 is 1.82 bits per heavy atom. The minimum atomic E-state index is -2.95. The van der Waals surface area contributed by atoms with E-state index in [-0.39, 0.29) is 23.2 Å². The van der Waals surface area contributed by atoms with Crippen LogP contribution in [0.1, 0.15) is 28.9 Å². The van der Waals surface area contributed by atoms with Crippen molar-refractivity contribution in [2.75, 3.05) is 0 Å². The standard InChI is InChI=1S/C16H14F3NO2/c1-10(11-5-7-13(17)8-6-11)20-15(21)12-3-2-4-14(9-12)22-16(18)19/h2-10,16H,1H3,(H,20,21). The van der Waals surface area contributed by atoms with Crippen molar-refractivity contribution in [2.45, 2.75) is 19.6 Å². The molecule has 3 nitrogen and oxygen atoms in total. The zero-order chi connectivity index (χ0) is 16.1. The fourth-order valence-electron chi connectivity index (χ4n) is 1.93. The minimum absolute atomic E-state index is 0.0860. The molecule has 0 saturated heterocycles. The number of amides is 1. The number of hydrogen-bond donors (Lipinski definition) is 1. The van der Waals surface area contributed by atoms with Crippen molar-refractivity contribution in [3.63, 3.8) is 0 Å². The molecule has 2 rings (SSSR count). The van der Waals surface area contributed by atoms with E-state index in [1.54, 1.807) is 19.1 Å². The van der Waals surface area contributed by atoms with Crippen LogP contribution >= 0.6 is 0 Å². The minimum Gasteiger partial charge on any atom is -0.435 e. The Hall–Kier alpha value is -2.50.